The molecule has 0 bridgehead atoms. The van der Waals surface area contributed by atoms with Crippen molar-refractivity contribution in [2.24, 2.45) is 11.3 Å². The molecule has 1 aromatic heterocycles. The summed E-state index contributed by atoms with van der Waals surface area (Å²) in [5.74, 6) is -1.44. The molecule has 6 heteroatoms. The Morgan fingerprint density at radius 2 is 2.05 bits per heavy atom. The van der Waals surface area contributed by atoms with Crippen LogP contribution in [-0.4, -0.2) is 23.7 Å². The van der Waals surface area contributed by atoms with Crippen molar-refractivity contribution >= 4 is 23.3 Å². The van der Waals surface area contributed by atoms with Crippen molar-refractivity contribution in [2.75, 3.05) is 6.54 Å². The van der Waals surface area contributed by atoms with Crippen LogP contribution in [0.3, 0.4) is 0 Å². The summed E-state index contributed by atoms with van der Waals surface area (Å²) < 4.78 is 0. The fraction of sp³-hybridized carbons (Fsp3) is 0.571. The van der Waals surface area contributed by atoms with E-state index >= 15 is 0 Å². The van der Waals surface area contributed by atoms with Gasteiger partial charge in [0, 0.05) is 13.1 Å². The number of hydrogen-bond donors (Lipinski definition) is 3. The molecule has 1 atom stereocenters. The number of amides is 2. The second-order valence-corrected chi connectivity index (χ2v) is 6.78. The van der Waals surface area contributed by atoms with Crippen LogP contribution >= 0.6 is 11.3 Å². The van der Waals surface area contributed by atoms with E-state index in [1.54, 1.807) is 11.3 Å². The van der Waals surface area contributed by atoms with E-state index in [2.05, 4.69) is 10.6 Å². The summed E-state index contributed by atoms with van der Waals surface area (Å²) in [5.41, 5.74) is 0.951. The highest BCUT2D eigenvalue weighted by molar-refractivity contribution is 7.07. The van der Waals surface area contributed by atoms with Crippen LogP contribution in [0.25, 0.3) is 0 Å². The number of carbonyl (C=O) groups excluding carboxylic acids is 1. The fourth-order valence-corrected chi connectivity index (χ4v) is 2.51. The molecule has 0 aliphatic rings. The molecule has 1 rings (SSSR count). The van der Waals surface area contributed by atoms with Gasteiger partial charge in [-0.15, -0.1) is 0 Å². The number of hydrogen-bond acceptors (Lipinski definition) is 3. The lowest BCUT2D eigenvalue weighted by Gasteiger charge is -2.23. The number of nitrogens with one attached hydrogen (secondary N) is 2. The maximum atomic E-state index is 11.6. The molecule has 0 spiro atoms. The Morgan fingerprint density at radius 3 is 2.55 bits per heavy atom. The summed E-state index contributed by atoms with van der Waals surface area (Å²) in [6.45, 7) is 6.55. The molecule has 0 aromatic carbocycles. The Balaban J connectivity index is 2.35. The minimum atomic E-state index is -0.877. The van der Waals surface area contributed by atoms with Gasteiger partial charge in [0.15, 0.2) is 0 Å². The summed E-state index contributed by atoms with van der Waals surface area (Å²) in [7, 11) is 0. The number of rotatable bonds is 6. The highest BCUT2D eigenvalue weighted by atomic mass is 32.1. The van der Waals surface area contributed by atoms with Crippen LogP contribution in [0.4, 0.5) is 4.79 Å². The van der Waals surface area contributed by atoms with Crippen molar-refractivity contribution in [1.82, 2.24) is 10.6 Å². The molecule has 1 unspecified atom stereocenters. The number of aliphatic carboxylic acids is 1. The Hall–Kier alpha value is -1.56. The van der Waals surface area contributed by atoms with Crippen molar-refractivity contribution in [3.05, 3.63) is 22.4 Å². The van der Waals surface area contributed by atoms with Crippen LogP contribution in [0.2, 0.25) is 0 Å². The standard InChI is InChI=1S/C14H22N2O3S/c1-14(2,3)6-11(12(17)18)8-16-13(19)15-7-10-4-5-20-9-10/h4-5,9,11H,6-8H2,1-3H3,(H,17,18)(H2,15,16,19). The van der Waals surface area contributed by atoms with Crippen molar-refractivity contribution < 1.29 is 14.7 Å². The predicted molar refractivity (Wildman–Crippen MR) is 79.8 cm³/mol. The van der Waals surface area contributed by atoms with Gasteiger partial charge < -0.3 is 15.7 Å². The van der Waals surface area contributed by atoms with Gasteiger partial charge in [0.1, 0.15) is 0 Å². The van der Waals surface area contributed by atoms with Crippen molar-refractivity contribution in [2.45, 2.75) is 33.7 Å². The number of carbonyl (C=O) groups is 2. The van der Waals surface area contributed by atoms with Gasteiger partial charge >= 0.3 is 12.0 Å². The van der Waals surface area contributed by atoms with E-state index in [1.807, 2.05) is 37.6 Å². The summed E-state index contributed by atoms with van der Waals surface area (Å²) in [5, 5.41) is 18.4. The third kappa shape index (κ3) is 6.56. The highest BCUT2D eigenvalue weighted by Gasteiger charge is 2.24. The summed E-state index contributed by atoms with van der Waals surface area (Å²) in [6.07, 6.45) is 0.521. The van der Waals surface area contributed by atoms with Crippen molar-refractivity contribution in [3.63, 3.8) is 0 Å². The van der Waals surface area contributed by atoms with Gasteiger partial charge in [-0.05, 0) is 34.2 Å². The molecule has 1 aromatic rings. The fourth-order valence-electron chi connectivity index (χ4n) is 1.84. The smallest absolute Gasteiger partial charge is 0.315 e. The number of carboxylic acid groups (broad SMARTS) is 1. The van der Waals surface area contributed by atoms with Crippen LogP contribution in [0, 0.1) is 11.3 Å². The van der Waals surface area contributed by atoms with Crippen LogP contribution in [-0.2, 0) is 11.3 Å². The van der Waals surface area contributed by atoms with Gasteiger partial charge in [-0.25, -0.2) is 4.79 Å². The Bertz CT molecular complexity index is 438. The molecular weight excluding hydrogens is 276 g/mol. The minimum absolute atomic E-state index is 0.0854. The maximum Gasteiger partial charge on any atom is 0.315 e. The van der Waals surface area contributed by atoms with E-state index < -0.39 is 11.9 Å². The molecule has 0 saturated carbocycles. The van der Waals surface area contributed by atoms with Crippen LogP contribution in [0.1, 0.15) is 32.8 Å². The normalized spacial score (nSPS) is 12.8. The molecule has 112 valence electrons. The van der Waals surface area contributed by atoms with E-state index in [0.29, 0.717) is 13.0 Å². The second kappa shape index (κ2) is 7.28. The lowest BCUT2D eigenvalue weighted by atomic mass is 9.84. The van der Waals surface area contributed by atoms with Crippen LogP contribution in [0.15, 0.2) is 16.8 Å². The Kier molecular flexibility index (Phi) is 6.01. The molecule has 20 heavy (non-hydrogen) atoms. The average Bonchev–Trinajstić information content (AvgIpc) is 2.83. The van der Waals surface area contributed by atoms with Crippen molar-refractivity contribution in [1.29, 1.82) is 0 Å². The van der Waals surface area contributed by atoms with Gasteiger partial charge in [0.25, 0.3) is 0 Å². The number of thiophene rings is 1. The lowest BCUT2D eigenvalue weighted by molar-refractivity contribution is -0.142. The van der Waals surface area contributed by atoms with Gasteiger partial charge in [-0.3, -0.25) is 4.79 Å². The van der Waals surface area contributed by atoms with Gasteiger partial charge in [-0.1, -0.05) is 20.8 Å². The summed E-state index contributed by atoms with van der Waals surface area (Å²) >= 11 is 1.57. The third-order valence-corrected chi connectivity index (χ3v) is 3.48. The molecule has 1 heterocycles. The zero-order chi connectivity index (χ0) is 15.2. The molecule has 5 nitrogen and oxygen atoms in total. The van der Waals surface area contributed by atoms with Gasteiger partial charge in [0.2, 0.25) is 0 Å². The van der Waals surface area contributed by atoms with E-state index in [9.17, 15) is 9.59 Å². The molecule has 0 aliphatic heterocycles. The molecule has 0 aliphatic carbocycles. The predicted octanol–water partition coefficient (Wildman–Crippen LogP) is 2.68. The van der Waals surface area contributed by atoms with Crippen LogP contribution < -0.4 is 10.6 Å². The lowest BCUT2D eigenvalue weighted by Crippen LogP contribution is -2.40. The van der Waals surface area contributed by atoms with E-state index in [-0.39, 0.29) is 18.0 Å². The average molecular weight is 298 g/mol. The maximum absolute atomic E-state index is 11.6. The van der Waals surface area contributed by atoms with E-state index in [1.165, 1.54) is 0 Å². The third-order valence-electron chi connectivity index (χ3n) is 2.75. The quantitative estimate of drug-likeness (QED) is 0.755. The topological polar surface area (TPSA) is 78.4 Å². The summed E-state index contributed by atoms with van der Waals surface area (Å²) in [6, 6.07) is 1.60. The highest BCUT2D eigenvalue weighted by Crippen LogP contribution is 2.24. The Labute approximate surface area is 123 Å². The first-order chi connectivity index (χ1) is 9.28. The molecule has 0 radical (unpaired) electrons. The second-order valence-electron chi connectivity index (χ2n) is 6.00. The van der Waals surface area contributed by atoms with Gasteiger partial charge in [-0.2, -0.15) is 11.3 Å². The molecule has 2 amide bonds. The zero-order valence-corrected chi connectivity index (χ0v) is 12.9. The Morgan fingerprint density at radius 1 is 1.35 bits per heavy atom. The minimum Gasteiger partial charge on any atom is -0.481 e. The first kappa shape index (κ1) is 16.5. The first-order valence-electron chi connectivity index (χ1n) is 6.53. The van der Waals surface area contributed by atoms with Crippen molar-refractivity contribution in [3.8, 4) is 0 Å². The van der Waals surface area contributed by atoms with E-state index in [0.717, 1.165) is 5.56 Å². The summed E-state index contributed by atoms with van der Waals surface area (Å²) in [4.78, 5) is 22.8. The molecular formula is C14H22N2O3S. The number of carboxylic acids is 1. The monoisotopic (exact) mass is 298 g/mol. The van der Waals surface area contributed by atoms with Crippen LogP contribution in [0.5, 0.6) is 0 Å². The molecule has 3 N–H and O–H groups in total. The molecule has 0 fully saturated rings. The largest absolute Gasteiger partial charge is 0.481 e. The van der Waals surface area contributed by atoms with Gasteiger partial charge in [0.05, 0.1) is 5.92 Å². The molecule has 0 saturated heterocycles. The zero-order valence-electron chi connectivity index (χ0n) is 12.1. The van der Waals surface area contributed by atoms with E-state index in [4.69, 9.17) is 5.11 Å². The number of urea groups is 1. The first-order valence-corrected chi connectivity index (χ1v) is 7.48. The SMILES string of the molecule is CC(C)(C)CC(CNC(=O)NCc1ccsc1)C(=O)O.